The first-order valence-electron chi connectivity index (χ1n) is 8.69. The van der Waals surface area contributed by atoms with Crippen LogP contribution in [-0.4, -0.2) is 17.8 Å². The van der Waals surface area contributed by atoms with E-state index in [0.29, 0.717) is 40.1 Å². The molecule has 3 aromatic carbocycles. The first-order chi connectivity index (χ1) is 13.1. The van der Waals surface area contributed by atoms with Crippen LogP contribution in [0.5, 0.6) is 5.75 Å². The van der Waals surface area contributed by atoms with Gasteiger partial charge in [0.1, 0.15) is 24.6 Å². The van der Waals surface area contributed by atoms with Gasteiger partial charge in [-0.25, -0.2) is 0 Å². The molecule has 1 N–H and O–H groups in total. The molecule has 2 atom stereocenters. The van der Waals surface area contributed by atoms with Crippen LogP contribution >= 0.6 is 23.2 Å². The zero-order valence-corrected chi connectivity index (χ0v) is 16.0. The number of aliphatic hydroxyl groups excluding tert-OH is 1. The van der Waals surface area contributed by atoms with E-state index in [2.05, 4.69) is 0 Å². The van der Waals surface area contributed by atoms with E-state index in [0.717, 1.165) is 11.1 Å². The molecule has 1 aliphatic rings. The molecule has 0 aliphatic carbocycles. The molecule has 4 rings (SSSR count). The second-order valence-electron chi connectivity index (χ2n) is 6.41. The Balaban J connectivity index is 1.79. The molecule has 1 saturated heterocycles. The third-order valence-electron chi connectivity index (χ3n) is 4.53. The van der Waals surface area contributed by atoms with Crippen LogP contribution in [0.1, 0.15) is 17.2 Å². The maximum atomic E-state index is 10.7. The Morgan fingerprint density at radius 1 is 0.963 bits per heavy atom. The molecule has 27 heavy (non-hydrogen) atoms. The minimum Gasteiger partial charge on any atom is -0.488 e. The second-order valence-corrected chi connectivity index (χ2v) is 7.23. The van der Waals surface area contributed by atoms with E-state index in [1.165, 1.54) is 0 Å². The van der Waals surface area contributed by atoms with Gasteiger partial charge in [-0.2, -0.15) is 0 Å². The van der Waals surface area contributed by atoms with Crippen LogP contribution < -0.4 is 4.74 Å². The molecule has 138 valence electrons. The smallest absolute Gasteiger partial charge is 0.133 e. The van der Waals surface area contributed by atoms with Crippen LogP contribution in [-0.2, 0) is 11.3 Å². The molecule has 1 fully saturated rings. The van der Waals surface area contributed by atoms with Crippen molar-refractivity contribution in [2.45, 2.75) is 18.8 Å². The summed E-state index contributed by atoms with van der Waals surface area (Å²) < 4.78 is 11.5. The van der Waals surface area contributed by atoms with Gasteiger partial charge in [-0.15, -0.1) is 0 Å². The van der Waals surface area contributed by atoms with Crippen LogP contribution in [0, 0.1) is 0 Å². The van der Waals surface area contributed by atoms with Gasteiger partial charge in [0.15, 0.2) is 0 Å². The predicted molar refractivity (Wildman–Crippen MR) is 107 cm³/mol. The van der Waals surface area contributed by atoms with Crippen molar-refractivity contribution in [2.75, 3.05) is 6.61 Å². The summed E-state index contributed by atoms with van der Waals surface area (Å²) in [6.07, 6.45) is -0.974. The van der Waals surface area contributed by atoms with Gasteiger partial charge < -0.3 is 14.6 Å². The minimum absolute atomic E-state index is 0.207. The average Bonchev–Trinajstić information content (AvgIpc) is 3.52. The van der Waals surface area contributed by atoms with Crippen molar-refractivity contribution >= 4 is 23.2 Å². The molecule has 0 saturated carbocycles. The quantitative estimate of drug-likeness (QED) is 0.541. The van der Waals surface area contributed by atoms with Crippen LogP contribution in [0.25, 0.3) is 11.1 Å². The number of aliphatic hydroxyl groups is 1. The number of halogens is 2. The normalized spacial score (nSPS) is 16.8. The van der Waals surface area contributed by atoms with Crippen molar-refractivity contribution in [2.24, 2.45) is 0 Å². The Kier molecular flexibility index (Phi) is 5.37. The summed E-state index contributed by atoms with van der Waals surface area (Å²) in [6.45, 7) is 0.904. The van der Waals surface area contributed by atoms with Crippen molar-refractivity contribution in [1.82, 2.24) is 0 Å². The molecule has 0 bridgehead atoms. The van der Waals surface area contributed by atoms with Crippen LogP contribution in [0.15, 0.2) is 66.7 Å². The number of hydrogen-bond donors (Lipinski definition) is 1. The first kappa shape index (κ1) is 18.3. The Hall–Kier alpha value is -2.04. The van der Waals surface area contributed by atoms with Gasteiger partial charge >= 0.3 is 0 Å². The Labute approximate surface area is 168 Å². The number of epoxide rings is 1. The largest absolute Gasteiger partial charge is 0.488 e. The molecule has 1 heterocycles. The predicted octanol–water partition coefficient (Wildman–Crippen LogP) is 5.67. The maximum Gasteiger partial charge on any atom is 0.133 e. The summed E-state index contributed by atoms with van der Waals surface area (Å²) in [6, 6.07) is 20.9. The highest BCUT2D eigenvalue weighted by Crippen LogP contribution is 2.44. The van der Waals surface area contributed by atoms with Gasteiger partial charge in [-0.3, -0.25) is 0 Å². The standard InChI is InChI=1S/C22H18Cl2O3/c23-17-10-5-11-18(24)20(17)15-8-4-9-16(21(25)19-13-26-19)22(15)27-12-14-6-2-1-3-7-14/h1-11,19,21,25H,12-13H2/t19-,21?/m1/s1. The molecule has 1 aliphatic heterocycles. The fourth-order valence-corrected chi connectivity index (χ4v) is 3.67. The maximum absolute atomic E-state index is 10.7. The monoisotopic (exact) mass is 400 g/mol. The molecule has 1 unspecified atom stereocenters. The third kappa shape index (κ3) is 3.97. The molecule has 3 nitrogen and oxygen atoms in total. The van der Waals surface area contributed by atoms with Crippen molar-refractivity contribution in [1.29, 1.82) is 0 Å². The highest BCUT2D eigenvalue weighted by Gasteiger charge is 2.35. The zero-order valence-electron chi connectivity index (χ0n) is 14.4. The summed E-state index contributed by atoms with van der Waals surface area (Å²) in [5, 5.41) is 11.7. The van der Waals surface area contributed by atoms with E-state index in [4.69, 9.17) is 32.7 Å². The van der Waals surface area contributed by atoms with E-state index in [-0.39, 0.29) is 6.10 Å². The molecule has 3 aromatic rings. The minimum atomic E-state index is -0.767. The first-order valence-corrected chi connectivity index (χ1v) is 9.44. The number of hydrogen-bond acceptors (Lipinski definition) is 3. The van der Waals surface area contributed by atoms with Gasteiger partial charge in [0, 0.05) is 16.7 Å². The van der Waals surface area contributed by atoms with Crippen molar-refractivity contribution in [3.05, 3.63) is 87.9 Å². The summed E-state index contributed by atoms with van der Waals surface area (Å²) >= 11 is 12.9. The lowest BCUT2D eigenvalue weighted by atomic mass is 9.97. The fourth-order valence-electron chi connectivity index (χ4n) is 3.07. The molecule has 0 aromatic heterocycles. The topological polar surface area (TPSA) is 42.0 Å². The van der Waals surface area contributed by atoms with E-state index in [1.54, 1.807) is 18.2 Å². The lowest BCUT2D eigenvalue weighted by Gasteiger charge is -2.20. The molecule has 0 radical (unpaired) electrons. The van der Waals surface area contributed by atoms with Gasteiger partial charge in [0.05, 0.1) is 16.7 Å². The van der Waals surface area contributed by atoms with Gasteiger partial charge in [-0.1, -0.05) is 77.8 Å². The second kappa shape index (κ2) is 7.91. The van der Waals surface area contributed by atoms with E-state index < -0.39 is 6.10 Å². The average molecular weight is 401 g/mol. The molecule has 0 amide bonds. The molecule has 5 heteroatoms. The summed E-state index contributed by atoms with van der Waals surface area (Å²) in [7, 11) is 0. The third-order valence-corrected chi connectivity index (χ3v) is 5.16. The molecular weight excluding hydrogens is 383 g/mol. The lowest BCUT2D eigenvalue weighted by molar-refractivity contribution is 0.132. The Morgan fingerprint density at radius 3 is 2.30 bits per heavy atom. The van der Waals surface area contributed by atoms with Crippen molar-refractivity contribution in [3.63, 3.8) is 0 Å². The highest BCUT2D eigenvalue weighted by molar-refractivity contribution is 6.39. The van der Waals surface area contributed by atoms with E-state index in [1.807, 2.05) is 48.5 Å². The summed E-state index contributed by atoms with van der Waals surface area (Å²) in [4.78, 5) is 0. The summed E-state index contributed by atoms with van der Waals surface area (Å²) in [5.74, 6) is 0.569. The van der Waals surface area contributed by atoms with Crippen LogP contribution in [0.3, 0.4) is 0 Å². The van der Waals surface area contributed by atoms with Crippen LogP contribution in [0.4, 0.5) is 0 Å². The van der Waals surface area contributed by atoms with Crippen molar-refractivity contribution in [3.8, 4) is 16.9 Å². The molecular formula is C22H18Cl2O3. The SMILES string of the molecule is OC(c1cccc(-c2c(Cl)cccc2Cl)c1OCc1ccccc1)[C@H]1CO1. The Morgan fingerprint density at radius 2 is 1.63 bits per heavy atom. The molecule has 0 spiro atoms. The van der Waals surface area contributed by atoms with Gasteiger partial charge in [0.25, 0.3) is 0 Å². The number of para-hydroxylation sites is 1. The Bertz CT molecular complexity index is 919. The van der Waals surface area contributed by atoms with Gasteiger partial charge in [0.2, 0.25) is 0 Å². The lowest BCUT2D eigenvalue weighted by Crippen LogP contribution is -2.09. The zero-order chi connectivity index (χ0) is 18.8. The number of rotatable bonds is 6. The van der Waals surface area contributed by atoms with E-state index >= 15 is 0 Å². The summed E-state index contributed by atoms with van der Waals surface area (Å²) in [5.41, 5.74) is 3.14. The fraction of sp³-hybridized carbons (Fsp3) is 0.182. The van der Waals surface area contributed by atoms with Crippen molar-refractivity contribution < 1.29 is 14.6 Å². The van der Waals surface area contributed by atoms with Gasteiger partial charge in [-0.05, 0) is 17.7 Å². The van der Waals surface area contributed by atoms with Crippen LogP contribution in [0.2, 0.25) is 10.0 Å². The highest BCUT2D eigenvalue weighted by atomic mass is 35.5. The number of benzene rings is 3. The number of ether oxygens (including phenoxy) is 2. The van der Waals surface area contributed by atoms with E-state index in [9.17, 15) is 5.11 Å².